The molecule has 0 aromatic heterocycles. The summed E-state index contributed by atoms with van der Waals surface area (Å²) in [6, 6.07) is 5.63. The highest BCUT2D eigenvalue weighted by Gasteiger charge is 2.27. The molecule has 1 fully saturated rings. The van der Waals surface area contributed by atoms with Gasteiger partial charge in [0.15, 0.2) is 0 Å². The summed E-state index contributed by atoms with van der Waals surface area (Å²) in [5, 5.41) is 9.83. The minimum atomic E-state index is -0.248. The first-order chi connectivity index (χ1) is 8.99. The van der Waals surface area contributed by atoms with Gasteiger partial charge in [0, 0.05) is 29.5 Å². The topological polar surface area (TPSA) is 40.5 Å². The van der Waals surface area contributed by atoms with E-state index in [1.54, 1.807) is 4.90 Å². The molecule has 1 N–H and O–H groups in total. The van der Waals surface area contributed by atoms with Gasteiger partial charge in [-0.25, -0.2) is 0 Å². The summed E-state index contributed by atoms with van der Waals surface area (Å²) >= 11 is 3.44. The van der Waals surface area contributed by atoms with Crippen LogP contribution >= 0.6 is 15.9 Å². The zero-order valence-electron chi connectivity index (χ0n) is 11.4. The standard InChI is InChI=1S/C15H20BrNO2/c1-10-8-11(6-7-13(10)16)15(19)17(2)9-12-4-3-5-14(12)18/h6-8,12,14,18H,3-5,9H2,1-2H3/t12-,14-/m0/s1. The molecule has 19 heavy (non-hydrogen) atoms. The third-order valence-electron chi connectivity index (χ3n) is 3.88. The van der Waals surface area contributed by atoms with E-state index >= 15 is 0 Å². The van der Waals surface area contributed by atoms with E-state index in [4.69, 9.17) is 0 Å². The van der Waals surface area contributed by atoms with Crippen LogP contribution in [0.25, 0.3) is 0 Å². The maximum atomic E-state index is 12.3. The maximum absolute atomic E-state index is 12.3. The van der Waals surface area contributed by atoms with Crippen LogP contribution < -0.4 is 0 Å². The minimum absolute atomic E-state index is 0.0229. The van der Waals surface area contributed by atoms with Gasteiger partial charge in [-0.15, -0.1) is 0 Å². The van der Waals surface area contributed by atoms with Crippen LogP contribution in [-0.4, -0.2) is 35.6 Å². The monoisotopic (exact) mass is 325 g/mol. The minimum Gasteiger partial charge on any atom is -0.393 e. The van der Waals surface area contributed by atoms with E-state index in [2.05, 4.69) is 15.9 Å². The average molecular weight is 326 g/mol. The summed E-state index contributed by atoms with van der Waals surface area (Å²) in [6.45, 7) is 2.61. The van der Waals surface area contributed by atoms with Crippen LogP contribution in [0.5, 0.6) is 0 Å². The number of halogens is 1. The van der Waals surface area contributed by atoms with Crippen LogP contribution in [-0.2, 0) is 0 Å². The van der Waals surface area contributed by atoms with Gasteiger partial charge in [0.25, 0.3) is 5.91 Å². The van der Waals surface area contributed by atoms with Crippen molar-refractivity contribution >= 4 is 21.8 Å². The fourth-order valence-corrected chi connectivity index (χ4v) is 2.91. The molecule has 0 aliphatic heterocycles. The van der Waals surface area contributed by atoms with E-state index in [0.29, 0.717) is 12.1 Å². The predicted molar refractivity (Wildman–Crippen MR) is 79.2 cm³/mol. The van der Waals surface area contributed by atoms with Gasteiger partial charge in [0.05, 0.1) is 6.10 Å². The summed E-state index contributed by atoms with van der Waals surface area (Å²) < 4.78 is 1.01. The number of hydrogen-bond acceptors (Lipinski definition) is 2. The lowest BCUT2D eigenvalue weighted by molar-refractivity contribution is 0.0693. The second-order valence-electron chi connectivity index (χ2n) is 5.41. The molecule has 1 saturated carbocycles. The molecule has 3 nitrogen and oxygen atoms in total. The highest BCUT2D eigenvalue weighted by Crippen LogP contribution is 2.26. The number of carbonyl (C=O) groups is 1. The lowest BCUT2D eigenvalue weighted by atomic mass is 10.0. The number of carbonyl (C=O) groups excluding carboxylic acids is 1. The van der Waals surface area contributed by atoms with Gasteiger partial charge in [-0.3, -0.25) is 4.79 Å². The Bertz CT molecular complexity index is 475. The largest absolute Gasteiger partial charge is 0.393 e. The van der Waals surface area contributed by atoms with Crippen molar-refractivity contribution in [2.24, 2.45) is 5.92 Å². The molecule has 1 aromatic rings. The molecule has 4 heteroatoms. The Morgan fingerprint density at radius 1 is 1.47 bits per heavy atom. The molecule has 1 aliphatic carbocycles. The van der Waals surface area contributed by atoms with E-state index in [0.717, 1.165) is 29.3 Å². The van der Waals surface area contributed by atoms with E-state index in [-0.39, 0.29) is 17.9 Å². The van der Waals surface area contributed by atoms with Gasteiger partial charge in [-0.1, -0.05) is 22.4 Å². The molecule has 0 saturated heterocycles. The molecule has 0 spiro atoms. The van der Waals surface area contributed by atoms with E-state index < -0.39 is 0 Å². The Morgan fingerprint density at radius 2 is 2.21 bits per heavy atom. The van der Waals surface area contributed by atoms with E-state index in [1.165, 1.54) is 0 Å². The Hall–Kier alpha value is -0.870. The number of aryl methyl sites for hydroxylation is 1. The smallest absolute Gasteiger partial charge is 0.253 e. The van der Waals surface area contributed by atoms with Crippen LogP contribution in [0.1, 0.15) is 35.2 Å². The lowest BCUT2D eigenvalue weighted by Crippen LogP contribution is -2.34. The molecule has 104 valence electrons. The molecule has 1 amide bonds. The molecule has 1 aromatic carbocycles. The van der Waals surface area contributed by atoms with E-state index in [9.17, 15) is 9.90 Å². The number of benzene rings is 1. The highest BCUT2D eigenvalue weighted by molar-refractivity contribution is 9.10. The summed E-state index contributed by atoms with van der Waals surface area (Å²) in [6.07, 6.45) is 2.69. The molecule has 0 bridgehead atoms. The van der Waals surface area contributed by atoms with Crippen LogP contribution in [0.3, 0.4) is 0 Å². The van der Waals surface area contributed by atoms with Crippen molar-refractivity contribution in [3.8, 4) is 0 Å². The third-order valence-corrected chi connectivity index (χ3v) is 4.77. The quantitative estimate of drug-likeness (QED) is 0.928. The fraction of sp³-hybridized carbons (Fsp3) is 0.533. The summed E-state index contributed by atoms with van der Waals surface area (Å²) in [7, 11) is 1.81. The number of aliphatic hydroxyl groups excluding tert-OH is 1. The van der Waals surface area contributed by atoms with Crippen molar-refractivity contribution in [1.29, 1.82) is 0 Å². The molecule has 0 heterocycles. The number of aliphatic hydroxyl groups is 1. The van der Waals surface area contributed by atoms with Crippen LogP contribution in [0.15, 0.2) is 22.7 Å². The molecule has 2 atom stereocenters. The van der Waals surface area contributed by atoms with Gasteiger partial charge < -0.3 is 10.0 Å². The van der Waals surface area contributed by atoms with Crippen molar-refractivity contribution in [2.75, 3.05) is 13.6 Å². The van der Waals surface area contributed by atoms with Crippen molar-refractivity contribution < 1.29 is 9.90 Å². The van der Waals surface area contributed by atoms with Crippen molar-refractivity contribution in [3.05, 3.63) is 33.8 Å². The van der Waals surface area contributed by atoms with E-state index in [1.807, 2.05) is 32.2 Å². The average Bonchev–Trinajstić information content (AvgIpc) is 2.77. The molecular weight excluding hydrogens is 306 g/mol. The molecule has 0 radical (unpaired) electrons. The second-order valence-corrected chi connectivity index (χ2v) is 6.26. The van der Waals surface area contributed by atoms with Gasteiger partial charge in [0.2, 0.25) is 0 Å². The zero-order valence-corrected chi connectivity index (χ0v) is 13.0. The van der Waals surface area contributed by atoms with Gasteiger partial charge in [-0.2, -0.15) is 0 Å². The van der Waals surface area contributed by atoms with Gasteiger partial charge in [-0.05, 0) is 43.5 Å². The molecular formula is C15H20BrNO2. The Labute approximate surface area is 122 Å². The normalized spacial score (nSPS) is 22.5. The third kappa shape index (κ3) is 3.37. The Kier molecular flexibility index (Phi) is 4.63. The summed E-state index contributed by atoms with van der Waals surface area (Å²) in [5.41, 5.74) is 1.76. The number of nitrogens with zero attached hydrogens (tertiary/aromatic N) is 1. The lowest BCUT2D eigenvalue weighted by Gasteiger charge is -2.23. The SMILES string of the molecule is Cc1cc(C(=O)N(C)C[C@@H]2CCC[C@@H]2O)ccc1Br. The number of amides is 1. The summed E-state index contributed by atoms with van der Waals surface area (Å²) in [5.74, 6) is 0.250. The molecule has 1 aliphatic rings. The van der Waals surface area contributed by atoms with Crippen molar-refractivity contribution in [2.45, 2.75) is 32.3 Å². The molecule has 2 rings (SSSR count). The van der Waals surface area contributed by atoms with Crippen molar-refractivity contribution in [3.63, 3.8) is 0 Å². The van der Waals surface area contributed by atoms with Crippen LogP contribution in [0.2, 0.25) is 0 Å². The Balaban J connectivity index is 2.03. The van der Waals surface area contributed by atoms with Gasteiger partial charge in [0.1, 0.15) is 0 Å². The first kappa shape index (κ1) is 14.5. The zero-order chi connectivity index (χ0) is 14.0. The second kappa shape index (κ2) is 6.06. The molecule has 0 unspecified atom stereocenters. The number of rotatable bonds is 3. The maximum Gasteiger partial charge on any atom is 0.253 e. The Morgan fingerprint density at radius 3 is 2.79 bits per heavy atom. The highest BCUT2D eigenvalue weighted by atomic mass is 79.9. The van der Waals surface area contributed by atoms with Gasteiger partial charge >= 0.3 is 0 Å². The first-order valence-corrected chi connectivity index (χ1v) is 7.48. The fourth-order valence-electron chi connectivity index (χ4n) is 2.66. The predicted octanol–water partition coefficient (Wildman–Crippen LogP) is 2.99. The number of hydrogen-bond donors (Lipinski definition) is 1. The first-order valence-electron chi connectivity index (χ1n) is 6.68. The summed E-state index contributed by atoms with van der Waals surface area (Å²) in [4.78, 5) is 14.1. The van der Waals surface area contributed by atoms with Crippen LogP contribution in [0.4, 0.5) is 0 Å². The van der Waals surface area contributed by atoms with Crippen LogP contribution in [0, 0.1) is 12.8 Å². The van der Waals surface area contributed by atoms with Crippen molar-refractivity contribution in [1.82, 2.24) is 4.90 Å².